The molecule has 118 valence electrons. The van der Waals surface area contributed by atoms with Crippen LogP contribution in [-0.4, -0.2) is 22.4 Å². The molecule has 1 aliphatic heterocycles. The van der Waals surface area contributed by atoms with Crippen LogP contribution in [0.3, 0.4) is 0 Å². The lowest BCUT2D eigenvalue weighted by Crippen LogP contribution is -2.39. The summed E-state index contributed by atoms with van der Waals surface area (Å²) in [7, 11) is 0. The molecule has 2 atom stereocenters. The van der Waals surface area contributed by atoms with Crippen LogP contribution < -0.4 is 0 Å². The van der Waals surface area contributed by atoms with Gasteiger partial charge >= 0.3 is 0 Å². The third-order valence-electron chi connectivity index (χ3n) is 5.17. The largest absolute Gasteiger partial charge is 0.508 e. The maximum atomic E-state index is 12.6. The lowest BCUT2D eigenvalue weighted by atomic mass is 9.67. The summed E-state index contributed by atoms with van der Waals surface area (Å²) in [6.07, 6.45) is 4.46. The highest BCUT2D eigenvalue weighted by molar-refractivity contribution is 6.12. The van der Waals surface area contributed by atoms with E-state index in [1.807, 2.05) is 12.1 Å². The summed E-state index contributed by atoms with van der Waals surface area (Å²) in [5, 5.41) is 9.55. The number of ketones is 2. The summed E-state index contributed by atoms with van der Waals surface area (Å²) in [5.74, 6) is -0.00566. The molecule has 0 saturated heterocycles. The number of phenols is 1. The van der Waals surface area contributed by atoms with Gasteiger partial charge in [0.1, 0.15) is 11.5 Å². The zero-order valence-electron chi connectivity index (χ0n) is 12.9. The van der Waals surface area contributed by atoms with Gasteiger partial charge in [-0.15, -0.1) is 0 Å². The summed E-state index contributed by atoms with van der Waals surface area (Å²) in [6.45, 7) is 0. The molecule has 0 bridgehead atoms. The van der Waals surface area contributed by atoms with E-state index in [9.17, 15) is 14.7 Å². The number of carbonyl (C=O) groups excluding carboxylic acids is 2. The summed E-state index contributed by atoms with van der Waals surface area (Å²) in [4.78, 5) is 29.9. The molecule has 1 fully saturated rings. The molecule has 23 heavy (non-hydrogen) atoms. The molecule has 4 rings (SSSR count). The second-order valence-electron chi connectivity index (χ2n) is 6.61. The number of benzene rings is 1. The SMILES string of the molecule is O=C1CCCC2=C1[C@H](c1ccc(O)cc1)C1C(=O)CCCC1=N2. The van der Waals surface area contributed by atoms with E-state index in [0.717, 1.165) is 48.2 Å². The van der Waals surface area contributed by atoms with Crippen molar-refractivity contribution in [2.45, 2.75) is 44.4 Å². The first kappa shape index (κ1) is 14.4. The maximum absolute atomic E-state index is 12.6. The Bertz CT molecular complexity index is 742. The van der Waals surface area contributed by atoms with Crippen LogP contribution in [-0.2, 0) is 9.59 Å². The normalized spacial score (nSPS) is 27.4. The van der Waals surface area contributed by atoms with Gasteiger partial charge in [-0.2, -0.15) is 0 Å². The zero-order valence-corrected chi connectivity index (χ0v) is 12.9. The van der Waals surface area contributed by atoms with Gasteiger partial charge in [-0.25, -0.2) is 0 Å². The molecule has 1 N–H and O–H groups in total. The monoisotopic (exact) mass is 309 g/mol. The number of allylic oxidation sites excluding steroid dienone is 2. The minimum absolute atomic E-state index is 0.130. The van der Waals surface area contributed by atoms with Crippen molar-refractivity contribution in [3.63, 3.8) is 0 Å². The Morgan fingerprint density at radius 2 is 1.65 bits per heavy atom. The molecule has 1 unspecified atom stereocenters. The summed E-state index contributed by atoms with van der Waals surface area (Å²) >= 11 is 0. The molecule has 1 saturated carbocycles. The fourth-order valence-corrected chi connectivity index (χ4v) is 4.14. The smallest absolute Gasteiger partial charge is 0.161 e. The highest BCUT2D eigenvalue weighted by atomic mass is 16.3. The Kier molecular flexibility index (Phi) is 3.40. The molecule has 3 aliphatic rings. The van der Waals surface area contributed by atoms with Gasteiger partial charge in [0, 0.05) is 35.7 Å². The van der Waals surface area contributed by atoms with E-state index in [0.29, 0.717) is 12.8 Å². The van der Waals surface area contributed by atoms with Crippen molar-refractivity contribution in [3.05, 3.63) is 41.1 Å². The highest BCUT2D eigenvalue weighted by Crippen LogP contribution is 2.46. The van der Waals surface area contributed by atoms with E-state index in [4.69, 9.17) is 4.99 Å². The number of aromatic hydroxyl groups is 1. The van der Waals surface area contributed by atoms with Crippen molar-refractivity contribution in [1.29, 1.82) is 0 Å². The third kappa shape index (κ3) is 2.33. The van der Waals surface area contributed by atoms with Gasteiger partial charge in [0.15, 0.2) is 5.78 Å². The number of rotatable bonds is 1. The van der Waals surface area contributed by atoms with Gasteiger partial charge in [-0.1, -0.05) is 12.1 Å². The van der Waals surface area contributed by atoms with Crippen LogP contribution in [0.15, 0.2) is 40.5 Å². The van der Waals surface area contributed by atoms with Crippen LogP contribution in [0, 0.1) is 5.92 Å². The lowest BCUT2D eigenvalue weighted by molar-refractivity contribution is -0.122. The van der Waals surface area contributed by atoms with Crippen molar-refractivity contribution in [2.75, 3.05) is 0 Å². The first-order valence-corrected chi connectivity index (χ1v) is 8.30. The van der Waals surface area contributed by atoms with Gasteiger partial charge in [0.25, 0.3) is 0 Å². The van der Waals surface area contributed by atoms with Gasteiger partial charge in [-0.05, 0) is 43.4 Å². The topological polar surface area (TPSA) is 66.7 Å². The molecule has 4 heteroatoms. The van der Waals surface area contributed by atoms with E-state index < -0.39 is 0 Å². The Hall–Kier alpha value is -2.23. The lowest BCUT2D eigenvalue weighted by Gasteiger charge is -2.37. The fraction of sp³-hybridized carbons (Fsp3) is 0.421. The van der Waals surface area contributed by atoms with E-state index in [2.05, 4.69) is 0 Å². The Balaban J connectivity index is 1.89. The molecule has 0 aromatic heterocycles. The van der Waals surface area contributed by atoms with Crippen molar-refractivity contribution >= 4 is 17.3 Å². The number of hydrogen-bond donors (Lipinski definition) is 1. The molecule has 0 spiro atoms. The predicted octanol–water partition coefficient (Wildman–Crippen LogP) is 3.31. The summed E-state index contributed by atoms with van der Waals surface area (Å²) in [6, 6.07) is 6.91. The Labute approximate surface area is 134 Å². The minimum Gasteiger partial charge on any atom is -0.508 e. The van der Waals surface area contributed by atoms with Crippen molar-refractivity contribution < 1.29 is 14.7 Å². The number of phenolic OH excluding ortho intramolecular Hbond substituents is 1. The van der Waals surface area contributed by atoms with Crippen molar-refractivity contribution in [3.8, 4) is 5.75 Å². The number of Topliss-reactive ketones (excluding diaryl/α,β-unsaturated/α-hetero) is 2. The average molecular weight is 309 g/mol. The quantitative estimate of drug-likeness (QED) is 0.865. The molecule has 0 radical (unpaired) electrons. The Morgan fingerprint density at radius 1 is 0.913 bits per heavy atom. The molecular formula is C19H19NO3. The fourth-order valence-electron chi connectivity index (χ4n) is 4.14. The molecule has 1 aromatic rings. The number of hydrogen-bond acceptors (Lipinski definition) is 4. The summed E-state index contributed by atoms with van der Waals surface area (Å²) < 4.78 is 0. The molecular weight excluding hydrogens is 290 g/mol. The molecule has 1 heterocycles. The number of nitrogens with zero attached hydrogens (tertiary/aromatic N) is 1. The van der Waals surface area contributed by atoms with Crippen LogP contribution in [0.5, 0.6) is 5.75 Å². The van der Waals surface area contributed by atoms with Crippen LogP contribution in [0.25, 0.3) is 0 Å². The minimum atomic E-state index is -0.297. The number of carbonyl (C=O) groups is 2. The van der Waals surface area contributed by atoms with Gasteiger partial charge < -0.3 is 5.11 Å². The van der Waals surface area contributed by atoms with Crippen LogP contribution in [0.2, 0.25) is 0 Å². The standard InChI is InChI=1S/C19H19NO3/c21-12-9-7-11(8-10-12)17-18-13(3-1-5-15(18)22)20-14-4-2-6-16(23)19(14)17/h7-10,17-18,21H,1-6H2/t17-,18?/m1/s1. The van der Waals surface area contributed by atoms with E-state index in [1.54, 1.807) is 12.1 Å². The maximum Gasteiger partial charge on any atom is 0.161 e. The second kappa shape index (κ2) is 5.44. The average Bonchev–Trinajstić information content (AvgIpc) is 2.54. The predicted molar refractivity (Wildman–Crippen MR) is 86.5 cm³/mol. The molecule has 0 amide bonds. The first-order chi connectivity index (χ1) is 11.1. The van der Waals surface area contributed by atoms with E-state index >= 15 is 0 Å². The summed E-state index contributed by atoms with van der Waals surface area (Å²) in [5.41, 5.74) is 3.51. The van der Waals surface area contributed by atoms with E-state index in [-0.39, 0.29) is 29.2 Å². The second-order valence-corrected chi connectivity index (χ2v) is 6.61. The van der Waals surface area contributed by atoms with Gasteiger partial charge in [0.05, 0.1) is 5.92 Å². The molecule has 2 aliphatic carbocycles. The zero-order chi connectivity index (χ0) is 16.0. The Morgan fingerprint density at radius 3 is 2.43 bits per heavy atom. The van der Waals surface area contributed by atoms with Crippen LogP contribution >= 0.6 is 0 Å². The van der Waals surface area contributed by atoms with Gasteiger partial charge in [0.2, 0.25) is 0 Å². The highest BCUT2D eigenvalue weighted by Gasteiger charge is 2.44. The molecule has 4 nitrogen and oxygen atoms in total. The van der Waals surface area contributed by atoms with Crippen LogP contribution in [0.4, 0.5) is 0 Å². The van der Waals surface area contributed by atoms with Gasteiger partial charge in [-0.3, -0.25) is 14.6 Å². The van der Waals surface area contributed by atoms with Crippen LogP contribution in [0.1, 0.15) is 50.0 Å². The number of aliphatic imine (C=N–C) groups is 1. The third-order valence-corrected chi connectivity index (χ3v) is 5.17. The first-order valence-electron chi connectivity index (χ1n) is 8.30. The molecule has 1 aromatic carbocycles. The van der Waals surface area contributed by atoms with Crippen molar-refractivity contribution in [2.24, 2.45) is 10.9 Å². The van der Waals surface area contributed by atoms with E-state index in [1.165, 1.54) is 0 Å². The number of fused-ring (bicyclic) bond motifs is 1. The van der Waals surface area contributed by atoms with Crippen molar-refractivity contribution in [1.82, 2.24) is 0 Å².